The lowest BCUT2D eigenvalue weighted by Crippen LogP contribution is -2.33. The molecule has 1 saturated carbocycles. The van der Waals surface area contributed by atoms with Gasteiger partial charge in [0.25, 0.3) is 0 Å². The topological polar surface area (TPSA) is 62.3 Å². The molecule has 6 heteroatoms. The molecule has 1 aliphatic rings. The van der Waals surface area contributed by atoms with Gasteiger partial charge in [-0.05, 0) is 18.9 Å². The number of pyridine rings is 1. The monoisotopic (exact) mass is 255 g/mol. The van der Waals surface area contributed by atoms with E-state index >= 15 is 0 Å². The zero-order valence-corrected chi connectivity index (χ0v) is 10.9. The molecular formula is C11H17N3O2S. The molecule has 0 saturated heterocycles. The Labute approximate surface area is 102 Å². The van der Waals surface area contributed by atoms with Gasteiger partial charge >= 0.3 is 0 Å². The fourth-order valence-corrected chi connectivity index (χ4v) is 3.74. The molecule has 17 heavy (non-hydrogen) atoms. The zero-order chi connectivity index (χ0) is 12.5. The molecule has 0 bridgehead atoms. The Bertz CT molecular complexity index is 497. The lowest BCUT2D eigenvalue weighted by molar-refractivity contribution is 0.421. The number of hydrogen-bond donors (Lipinski definition) is 1. The van der Waals surface area contributed by atoms with Crippen LogP contribution in [-0.2, 0) is 10.0 Å². The second kappa shape index (κ2) is 4.62. The Morgan fingerprint density at radius 2 is 2.24 bits per heavy atom. The third-order valence-corrected chi connectivity index (χ3v) is 4.96. The molecule has 1 aromatic rings. The number of sulfonamides is 1. The summed E-state index contributed by atoms with van der Waals surface area (Å²) in [7, 11) is -1.71. The van der Waals surface area contributed by atoms with Gasteiger partial charge in [0.15, 0.2) is 0 Å². The summed E-state index contributed by atoms with van der Waals surface area (Å²) in [6, 6.07) is 1.85. The van der Waals surface area contributed by atoms with Crippen molar-refractivity contribution in [3.8, 4) is 0 Å². The molecule has 94 valence electrons. The van der Waals surface area contributed by atoms with Crippen LogP contribution in [0.25, 0.3) is 0 Å². The average Bonchev–Trinajstić information content (AvgIpc) is 3.14. The molecule has 1 fully saturated rings. The van der Waals surface area contributed by atoms with E-state index < -0.39 is 10.0 Å². The van der Waals surface area contributed by atoms with Crippen LogP contribution in [0, 0.1) is 0 Å². The van der Waals surface area contributed by atoms with E-state index in [1.54, 1.807) is 23.6 Å². The second-order valence-corrected chi connectivity index (χ2v) is 5.92. The number of nitrogens with zero attached hydrogens (tertiary/aromatic N) is 2. The van der Waals surface area contributed by atoms with Gasteiger partial charge in [-0.2, -0.15) is 4.31 Å². The summed E-state index contributed by atoms with van der Waals surface area (Å²) in [6.07, 6.45) is 4.91. The molecule has 1 aromatic heterocycles. The highest BCUT2D eigenvalue weighted by Gasteiger charge is 2.37. The first-order valence-electron chi connectivity index (χ1n) is 5.75. The highest BCUT2D eigenvalue weighted by molar-refractivity contribution is 7.89. The van der Waals surface area contributed by atoms with Crippen molar-refractivity contribution in [1.82, 2.24) is 9.29 Å². The molecular weight excluding hydrogens is 238 g/mol. The van der Waals surface area contributed by atoms with Crippen molar-refractivity contribution in [1.29, 1.82) is 0 Å². The van der Waals surface area contributed by atoms with E-state index in [0.29, 0.717) is 12.2 Å². The van der Waals surface area contributed by atoms with E-state index in [-0.39, 0.29) is 10.9 Å². The second-order valence-electron chi connectivity index (χ2n) is 4.06. The first-order valence-corrected chi connectivity index (χ1v) is 7.19. The van der Waals surface area contributed by atoms with E-state index in [9.17, 15) is 8.42 Å². The summed E-state index contributed by atoms with van der Waals surface area (Å²) in [5, 5.41) is 2.89. The van der Waals surface area contributed by atoms with Crippen LogP contribution in [-0.4, -0.2) is 37.3 Å². The Morgan fingerprint density at radius 1 is 1.53 bits per heavy atom. The summed E-state index contributed by atoms with van der Waals surface area (Å²) >= 11 is 0. The summed E-state index contributed by atoms with van der Waals surface area (Å²) < 4.78 is 26.5. The Kier molecular flexibility index (Phi) is 3.35. The van der Waals surface area contributed by atoms with Gasteiger partial charge in [-0.15, -0.1) is 0 Å². The van der Waals surface area contributed by atoms with Crippen molar-refractivity contribution in [2.45, 2.75) is 30.7 Å². The van der Waals surface area contributed by atoms with Gasteiger partial charge in [-0.25, -0.2) is 8.42 Å². The fraction of sp³-hybridized carbons (Fsp3) is 0.545. The Balaban J connectivity index is 2.42. The normalized spacial score (nSPS) is 16.2. The lowest BCUT2D eigenvalue weighted by Gasteiger charge is -2.21. The van der Waals surface area contributed by atoms with Crippen LogP contribution < -0.4 is 5.32 Å². The van der Waals surface area contributed by atoms with Gasteiger partial charge < -0.3 is 5.32 Å². The Morgan fingerprint density at radius 3 is 2.76 bits per heavy atom. The standard InChI is InChI=1S/C11H17N3O2S/c1-3-14(9-4-5-9)17(15,16)11-8-13-7-6-10(11)12-2/h6-9H,3-5H2,1-2H3,(H,12,13). The number of rotatable bonds is 5. The highest BCUT2D eigenvalue weighted by Crippen LogP contribution is 2.33. The third kappa shape index (κ3) is 2.28. The van der Waals surface area contributed by atoms with Crippen molar-refractivity contribution >= 4 is 15.7 Å². The maximum atomic E-state index is 12.5. The molecule has 5 nitrogen and oxygen atoms in total. The van der Waals surface area contributed by atoms with Crippen LogP contribution in [0.15, 0.2) is 23.4 Å². The molecule has 2 rings (SSSR count). The molecule has 0 spiro atoms. The van der Waals surface area contributed by atoms with Crippen molar-refractivity contribution in [2.24, 2.45) is 0 Å². The number of hydrogen-bond acceptors (Lipinski definition) is 4. The minimum Gasteiger partial charge on any atom is -0.387 e. The fourth-order valence-electron chi connectivity index (χ4n) is 1.91. The first-order chi connectivity index (χ1) is 8.11. The predicted octanol–water partition coefficient (Wildman–Crippen LogP) is 1.30. The van der Waals surface area contributed by atoms with E-state index in [1.807, 2.05) is 6.92 Å². The SMILES string of the molecule is CCN(C1CC1)S(=O)(=O)c1cnccc1NC. The van der Waals surface area contributed by atoms with Gasteiger partial charge in [0.1, 0.15) is 4.90 Å². The molecule has 0 amide bonds. The van der Waals surface area contributed by atoms with Crippen LogP contribution in [0.5, 0.6) is 0 Å². The molecule has 0 radical (unpaired) electrons. The van der Waals surface area contributed by atoms with Crippen molar-refractivity contribution in [2.75, 3.05) is 18.9 Å². The van der Waals surface area contributed by atoms with E-state index in [1.165, 1.54) is 6.20 Å². The van der Waals surface area contributed by atoms with Crippen molar-refractivity contribution in [3.63, 3.8) is 0 Å². The molecule has 1 N–H and O–H groups in total. The summed E-state index contributed by atoms with van der Waals surface area (Å²) in [6.45, 7) is 2.37. The van der Waals surface area contributed by atoms with Crippen LogP contribution >= 0.6 is 0 Å². The quantitative estimate of drug-likeness (QED) is 0.861. The van der Waals surface area contributed by atoms with Gasteiger partial charge in [0.05, 0.1) is 5.69 Å². The largest absolute Gasteiger partial charge is 0.387 e. The molecule has 0 aromatic carbocycles. The average molecular weight is 255 g/mol. The number of anilines is 1. The van der Waals surface area contributed by atoms with Gasteiger partial charge in [0.2, 0.25) is 10.0 Å². The highest BCUT2D eigenvalue weighted by atomic mass is 32.2. The zero-order valence-electron chi connectivity index (χ0n) is 10.0. The first kappa shape index (κ1) is 12.3. The van der Waals surface area contributed by atoms with Gasteiger partial charge in [-0.3, -0.25) is 4.98 Å². The van der Waals surface area contributed by atoms with Crippen LogP contribution in [0.1, 0.15) is 19.8 Å². The minimum atomic E-state index is -3.42. The maximum absolute atomic E-state index is 12.5. The van der Waals surface area contributed by atoms with E-state index in [2.05, 4.69) is 10.3 Å². The molecule has 0 atom stereocenters. The molecule has 0 unspecified atom stereocenters. The van der Waals surface area contributed by atoms with Crippen LogP contribution in [0.2, 0.25) is 0 Å². The predicted molar refractivity (Wildman–Crippen MR) is 66.4 cm³/mol. The third-order valence-electron chi connectivity index (χ3n) is 2.91. The van der Waals surface area contributed by atoms with Crippen molar-refractivity contribution < 1.29 is 8.42 Å². The van der Waals surface area contributed by atoms with E-state index in [0.717, 1.165) is 12.8 Å². The van der Waals surface area contributed by atoms with Crippen LogP contribution in [0.4, 0.5) is 5.69 Å². The van der Waals surface area contributed by atoms with Gasteiger partial charge in [-0.1, -0.05) is 6.92 Å². The summed E-state index contributed by atoms with van der Waals surface area (Å²) in [5.41, 5.74) is 0.596. The number of aromatic nitrogens is 1. The smallest absolute Gasteiger partial charge is 0.246 e. The summed E-state index contributed by atoms with van der Waals surface area (Å²) in [4.78, 5) is 4.17. The minimum absolute atomic E-state index is 0.176. The van der Waals surface area contributed by atoms with E-state index in [4.69, 9.17) is 0 Å². The number of nitrogens with one attached hydrogen (secondary N) is 1. The van der Waals surface area contributed by atoms with Crippen LogP contribution in [0.3, 0.4) is 0 Å². The maximum Gasteiger partial charge on any atom is 0.246 e. The lowest BCUT2D eigenvalue weighted by atomic mass is 10.4. The molecule has 0 aliphatic heterocycles. The molecule has 1 aliphatic carbocycles. The Hall–Kier alpha value is -1.14. The van der Waals surface area contributed by atoms with Crippen molar-refractivity contribution in [3.05, 3.63) is 18.5 Å². The van der Waals surface area contributed by atoms with Gasteiger partial charge in [0, 0.05) is 32.0 Å². The molecule has 1 heterocycles. The summed E-state index contributed by atoms with van der Waals surface area (Å²) in [5.74, 6) is 0.